The number of carbonyl (C=O) groups is 1. The van der Waals surface area contributed by atoms with Crippen LogP contribution in [0.4, 0.5) is 0 Å². The average molecular weight is 247 g/mol. The molecule has 0 saturated carbocycles. The lowest BCUT2D eigenvalue weighted by Gasteiger charge is -2.22. The molecule has 4 nitrogen and oxygen atoms in total. The van der Waals surface area contributed by atoms with E-state index in [1.807, 2.05) is 30.3 Å². The number of nitrogens with one attached hydrogen (secondary N) is 1. The van der Waals surface area contributed by atoms with Crippen LogP contribution in [0.5, 0.6) is 0 Å². The maximum Gasteiger partial charge on any atom is 0.251 e. The fraction of sp³-hybridized carbons (Fsp3) is 0.500. The molecule has 1 saturated heterocycles. The molecule has 0 aliphatic carbocycles. The van der Waals surface area contributed by atoms with E-state index < -0.39 is 0 Å². The molecule has 2 rings (SSSR count). The molecule has 0 bridgehead atoms. The van der Waals surface area contributed by atoms with Crippen LogP contribution in [-0.4, -0.2) is 62.0 Å². The quantitative estimate of drug-likeness (QED) is 0.834. The van der Waals surface area contributed by atoms with Gasteiger partial charge in [0.15, 0.2) is 0 Å². The van der Waals surface area contributed by atoms with Gasteiger partial charge in [-0.2, -0.15) is 0 Å². The summed E-state index contributed by atoms with van der Waals surface area (Å²) in [5, 5.41) is 3.11. The first-order chi connectivity index (χ1) is 8.65. The number of hydrogen-bond acceptors (Lipinski definition) is 3. The SMILES string of the molecule is CN1CCN(C)CC(NC(=O)c2ccccc2)C1. The molecule has 1 aliphatic heterocycles. The van der Waals surface area contributed by atoms with Gasteiger partial charge in [0.2, 0.25) is 0 Å². The van der Waals surface area contributed by atoms with Gasteiger partial charge in [0.05, 0.1) is 6.04 Å². The van der Waals surface area contributed by atoms with Gasteiger partial charge in [-0.15, -0.1) is 0 Å². The Morgan fingerprint density at radius 1 is 1.11 bits per heavy atom. The lowest BCUT2D eigenvalue weighted by molar-refractivity contribution is 0.0926. The first kappa shape index (κ1) is 13.1. The molecule has 1 heterocycles. The average Bonchev–Trinajstić information content (AvgIpc) is 2.52. The molecule has 1 N–H and O–H groups in total. The second-order valence-corrected chi connectivity index (χ2v) is 5.06. The molecule has 0 unspecified atom stereocenters. The number of amides is 1. The second kappa shape index (κ2) is 5.98. The van der Waals surface area contributed by atoms with E-state index in [4.69, 9.17) is 0 Å². The lowest BCUT2D eigenvalue weighted by atomic mass is 10.2. The normalized spacial score (nSPS) is 19.4. The minimum Gasteiger partial charge on any atom is -0.347 e. The van der Waals surface area contributed by atoms with Gasteiger partial charge in [-0.25, -0.2) is 0 Å². The molecule has 1 fully saturated rings. The monoisotopic (exact) mass is 247 g/mol. The molecule has 0 spiro atoms. The Hall–Kier alpha value is -1.39. The molecular formula is C14H21N3O. The van der Waals surface area contributed by atoms with Crippen molar-refractivity contribution in [2.45, 2.75) is 6.04 Å². The molecule has 1 aromatic rings. The van der Waals surface area contributed by atoms with Crippen molar-refractivity contribution in [2.75, 3.05) is 40.3 Å². The highest BCUT2D eigenvalue weighted by molar-refractivity contribution is 5.94. The minimum absolute atomic E-state index is 0.0179. The van der Waals surface area contributed by atoms with Crippen molar-refractivity contribution >= 4 is 5.91 Å². The third kappa shape index (κ3) is 3.55. The van der Waals surface area contributed by atoms with E-state index in [1.54, 1.807) is 0 Å². The van der Waals surface area contributed by atoms with Crippen LogP contribution in [0, 0.1) is 0 Å². The molecule has 98 valence electrons. The van der Waals surface area contributed by atoms with Crippen LogP contribution in [0.25, 0.3) is 0 Å². The molecule has 4 heteroatoms. The van der Waals surface area contributed by atoms with E-state index in [-0.39, 0.29) is 11.9 Å². The van der Waals surface area contributed by atoms with Gasteiger partial charge in [-0.1, -0.05) is 18.2 Å². The summed E-state index contributed by atoms with van der Waals surface area (Å²) in [6.07, 6.45) is 0. The van der Waals surface area contributed by atoms with Gasteiger partial charge in [-0.05, 0) is 26.2 Å². The minimum atomic E-state index is 0.0179. The predicted octanol–water partition coefficient (Wildman–Crippen LogP) is 0.662. The molecule has 1 amide bonds. The number of nitrogens with zero attached hydrogens (tertiary/aromatic N) is 2. The van der Waals surface area contributed by atoms with Crippen LogP contribution in [0.15, 0.2) is 30.3 Å². The second-order valence-electron chi connectivity index (χ2n) is 5.06. The zero-order chi connectivity index (χ0) is 13.0. The summed E-state index contributed by atoms with van der Waals surface area (Å²) < 4.78 is 0. The first-order valence-electron chi connectivity index (χ1n) is 6.38. The lowest BCUT2D eigenvalue weighted by Crippen LogP contribution is -2.45. The maximum atomic E-state index is 12.1. The van der Waals surface area contributed by atoms with Crippen molar-refractivity contribution in [3.8, 4) is 0 Å². The summed E-state index contributed by atoms with van der Waals surface area (Å²) in [4.78, 5) is 16.6. The maximum absolute atomic E-state index is 12.1. The van der Waals surface area contributed by atoms with E-state index in [2.05, 4.69) is 29.2 Å². The summed E-state index contributed by atoms with van der Waals surface area (Å²) >= 11 is 0. The molecule has 1 aliphatic rings. The van der Waals surface area contributed by atoms with Crippen LogP contribution in [-0.2, 0) is 0 Å². The molecule has 0 radical (unpaired) electrons. The van der Waals surface area contributed by atoms with Crippen LogP contribution in [0.3, 0.4) is 0 Å². The number of benzene rings is 1. The number of hydrogen-bond donors (Lipinski definition) is 1. The van der Waals surface area contributed by atoms with Crippen LogP contribution < -0.4 is 5.32 Å². The fourth-order valence-corrected chi connectivity index (χ4v) is 2.28. The van der Waals surface area contributed by atoms with E-state index >= 15 is 0 Å². The van der Waals surface area contributed by atoms with Crippen molar-refractivity contribution in [2.24, 2.45) is 0 Å². The van der Waals surface area contributed by atoms with Crippen molar-refractivity contribution in [1.82, 2.24) is 15.1 Å². The molecular weight excluding hydrogens is 226 g/mol. The topological polar surface area (TPSA) is 35.6 Å². The van der Waals surface area contributed by atoms with Gasteiger partial charge >= 0.3 is 0 Å². The largest absolute Gasteiger partial charge is 0.347 e. The van der Waals surface area contributed by atoms with E-state index in [1.165, 1.54) is 0 Å². The van der Waals surface area contributed by atoms with E-state index in [0.29, 0.717) is 0 Å². The van der Waals surface area contributed by atoms with Gasteiger partial charge in [-0.3, -0.25) is 4.79 Å². The van der Waals surface area contributed by atoms with Crippen LogP contribution in [0.1, 0.15) is 10.4 Å². The smallest absolute Gasteiger partial charge is 0.251 e. The van der Waals surface area contributed by atoms with Gasteiger partial charge < -0.3 is 15.1 Å². The van der Waals surface area contributed by atoms with Crippen molar-refractivity contribution in [1.29, 1.82) is 0 Å². The summed E-state index contributed by atoms with van der Waals surface area (Å²) in [6, 6.07) is 9.58. The third-order valence-corrected chi connectivity index (χ3v) is 3.30. The zero-order valence-corrected chi connectivity index (χ0v) is 11.1. The Morgan fingerprint density at radius 3 is 2.22 bits per heavy atom. The third-order valence-electron chi connectivity index (χ3n) is 3.30. The highest BCUT2D eigenvalue weighted by atomic mass is 16.1. The van der Waals surface area contributed by atoms with Crippen LogP contribution >= 0.6 is 0 Å². The van der Waals surface area contributed by atoms with Gasteiger partial charge in [0, 0.05) is 31.7 Å². The number of carbonyl (C=O) groups excluding carboxylic acids is 1. The summed E-state index contributed by atoms with van der Waals surface area (Å²) in [5.41, 5.74) is 0.729. The Bertz CT molecular complexity index is 381. The van der Waals surface area contributed by atoms with Gasteiger partial charge in [0.25, 0.3) is 5.91 Å². The molecule has 1 aromatic carbocycles. The highest BCUT2D eigenvalue weighted by Crippen LogP contribution is 2.03. The summed E-state index contributed by atoms with van der Waals surface area (Å²) in [7, 11) is 4.20. The Morgan fingerprint density at radius 2 is 1.67 bits per heavy atom. The Labute approximate surface area is 109 Å². The fourth-order valence-electron chi connectivity index (χ4n) is 2.28. The van der Waals surface area contributed by atoms with Crippen molar-refractivity contribution < 1.29 is 4.79 Å². The summed E-state index contributed by atoms with van der Waals surface area (Å²) in [6.45, 7) is 3.91. The van der Waals surface area contributed by atoms with E-state index in [0.717, 1.165) is 31.7 Å². The first-order valence-corrected chi connectivity index (χ1v) is 6.38. The van der Waals surface area contributed by atoms with Gasteiger partial charge in [0.1, 0.15) is 0 Å². The Balaban J connectivity index is 1.97. The number of likely N-dealkylation sites (N-methyl/N-ethyl adjacent to an activating group) is 2. The Kier molecular flexibility index (Phi) is 4.33. The van der Waals surface area contributed by atoms with Crippen LogP contribution in [0.2, 0.25) is 0 Å². The zero-order valence-electron chi connectivity index (χ0n) is 11.1. The molecule has 0 aromatic heterocycles. The molecule has 0 atom stereocenters. The molecule has 18 heavy (non-hydrogen) atoms. The summed E-state index contributed by atoms with van der Waals surface area (Å²) in [5.74, 6) is 0.0179. The standard InChI is InChI=1S/C14H21N3O/c1-16-8-9-17(2)11-13(10-16)15-14(18)12-6-4-3-5-7-12/h3-7,13H,8-11H2,1-2H3,(H,15,18). The van der Waals surface area contributed by atoms with Crippen molar-refractivity contribution in [3.63, 3.8) is 0 Å². The van der Waals surface area contributed by atoms with Crippen molar-refractivity contribution in [3.05, 3.63) is 35.9 Å². The number of rotatable bonds is 2. The predicted molar refractivity (Wildman–Crippen MR) is 72.7 cm³/mol. The van der Waals surface area contributed by atoms with E-state index in [9.17, 15) is 4.79 Å². The highest BCUT2D eigenvalue weighted by Gasteiger charge is 2.20.